The standard InChI is InChI=1S/C20H16O4/c21-17-12-7-13-18(14-17)24-19(22)20(23,15-8-3-1-4-9-15)16-10-5-2-6-11-16/h1-14,21,23H. The molecule has 0 saturated carbocycles. The van der Waals surface area contributed by atoms with Crippen molar-refractivity contribution in [3.63, 3.8) is 0 Å². The Morgan fingerprint density at radius 3 is 1.83 bits per heavy atom. The van der Waals surface area contributed by atoms with E-state index >= 15 is 0 Å². The van der Waals surface area contributed by atoms with Crippen LogP contribution in [0, 0.1) is 0 Å². The third-order valence-electron chi connectivity index (χ3n) is 3.71. The molecular formula is C20H16O4. The molecule has 0 radical (unpaired) electrons. The van der Waals surface area contributed by atoms with Gasteiger partial charge in [-0.25, -0.2) is 4.79 Å². The molecule has 0 atom stereocenters. The average Bonchev–Trinajstić information content (AvgIpc) is 2.62. The van der Waals surface area contributed by atoms with E-state index in [4.69, 9.17) is 4.74 Å². The Hall–Kier alpha value is -3.11. The second-order valence-corrected chi connectivity index (χ2v) is 5.33. The van der Waals surface area contributed by atoms with Gasteiger partial charge in [0.2, 0.25) is 5.60 Å². The minimum Gasteiger partial charge on any atom is -0.508 e. The lowest BCUT2D eigenvalue weighted by Crippen LogP contribution is -2.40. The quantitative estimate of drug-likeness (QED) is 0.572. The van der Waals surface area contributed by atoms with Gasteiger partial charge in [-0.15, -0.1) is 0 Å². The molecule has 2 N–H and O–H groups in total. The third kappa shape index (κ3) is 3.00. The summed E-state index contributed by atoms with van der Waals surface area (Å²) in [7, 11) is 0. The Morgan fingerprint density at radius 1 is 0.792 bits per heavy atom. The zero-order valence-electron chi connectivity index (χ0n) is 12.8. The molecule has 3 aromatic rings. The van der Waals surface area contributed by atoms with Crippen LogP contribution < -0.4 is 4.74 Å². The minimum absolute atomic E-state index is 0.0248. The summed E-state index contributed by atoms with van der Waals surface area (Å²) in [4.78, 5) is 12.8. The second kappa shape index (κ2) is 6.56. The Bertz CT molecular complexity index is 789. The van der Waals surface area contributed by atoms with Crippen molar-refractivity contribution >= 4 is 5.97 Å². The molecule has 0 aliphatic carbocycles. The number of phenolic OH excluding ortho intramolecular Hbond substituents is 1. The SMILES string of the molecule is O=C(Oc1cccc(O)c1)C(O)(c1ccccc1)c1ccccc1. The molecule has 0 heterocycles. The molecule has 0 spiro atoms. The summed E-state index contributed by atoms with van der Waals surface area (Å²) in [6.07, 6.45) is 0. The second-order valence-electron chi connectivity index (χ2n) is 5.33. The van der Waals surface area contributed by atoms with E-state index in [0.717, 1.165) is 0 Å². The molecule has 4 heteroatoms. The largest absolute Gasteiger partial charge is 0.508 e. The highest BCUT2D eigenvalue weighted by molar-refractivity contribution is 5.87. The van der Waals surface area contributed by atoms with Crippen LogP contribution >= 0.6 is 0 Å². The molecule has 3 aromatic carbocycles. The number of phenols is 1. The van der Waals surface area contributed by atoms with Gasteiger partial charge in [0.25, 0.3) is 0 Å². The van der Waals surface area contributed by atoms with Crippen molar-refractivity contribution < 1.29 is 19.7 Å². The first kappa shape index (κ1) is 15.8. The number of hydrogen-bond acceptors (Lipinski definition) is 4. The lowest BCUT2D eigenvalue weighted by atomic mass is 9.86. The molecule has 0 fully saturated rings. The maximum absolute atomic E-state index is 12.8. The van der Waals surface area contributed by atoms with Gasteiger partial charge < -0.3 is 14.9 Å². The number of ether oxygens (including phenoxy) is 1. The van der Waals surface area contributed by atoms with E-state index in [-0.39, 0.29) is 11.5 Å². The van der Waals surface area contributed by atoms with Crippen molar-refractivity contribution in [1.82, 2.24) is 0 Å². The van der Waals surface area contributed by atoms with Crippen molar-refractivity contribution in [1.29, 1.82) is 0 Å². The lowest BCUT2D eigenvalue weighted by Gasteiger charge is -2.27. The van der Waals surface area contributed by atoms with E-state index in [9.17, 15) is 15.0 Å². The monoisotopic (exact) mass is 320 g/mol. The van der Waals surface area contributed by atoms with E-state index < -0.39 is 11.6 Å². The number of rotatable bonds is 4. The molecule has 3 rings (SSSR count). The highest BCUT2D eigenvalue weighted by atomic mass is 16.6. The number of benzene rings is 3. The number of carbonyl (C=O) groups excluding carboxylic acids is 1. The molecule has 0 aliphatic rings. The van der Waals surface area contributed by atoms with Gasteiger partial charge in [0.05, 0.1) is 0 Å². The molecule has 120 valence electrons. The van der Waals surface area contributed by atoms with Gasteiger partial charge in [0, 0.05) is 6.07 Å². The van der Waals surface area contributed by atoms with Crippen molar-refractivity contribution in [2.24, 2.45) is 0 Å². The lowest BCUT2D eigenvalue weighted by molar-refractivity contribution is -0.152. The van der Waals surface area contributed by atoms with Gasteiger partial charge in [-0.05, 0) is 23.3 Å². The number of hydrogen-bond donors (Lipinski definition) is 2. The Morgan fingerprint density at radius 2 is 1.33 bits per heavy atom. The van der Waals surface area contributed by atoms with Crippen LogP contribution in [0.3, 0.4) is 0 Å². The van der Waals surface area contributed by atoms with Gasteiger partial charge in [0.15, 0.2) is 0 Å². The molecular weight excluding hydrogens is 304 g/mol. The number of esters is 1. The predicted octanol–water partition coefficient (Wildman–Crippen LogP) is 3.23. The first-order valence-corrected chi connectivity index (χ1v) is 7.45. The van der Waals surface area contributed by atoms with E-state index in [1.165, 1.54) is 18.2 Å². The summed E-state index contributed by atoms with van der Waals surface area (Å²) >= 11 is 0. The maximum atomic E-state index is 12.8. The fourth-order valence-electron chi connectivity index (χ4n) is 2.49. The van der Waals surface area contributed by atoms with Crippen LogP contribution in [0.15, 0.2) is 84.9 Å². The normalized spacial score (nSPS) is 11.0. The van der Waals surface area contributed by atoms with Crippen molar-refractivity contribution in [2.45, 2.75) is 5.60 Å². The first-order chi connectivity index (χ1) is 11.6. The molecule has 0 aliphatic heterocycles. The van der Waals surface area contributed by atoms with Crippen molar-refractivity contribution in [3.8, 4) is 11.5 Å². The Kier molecular flexibility index (Phi) is 4.31. The smallest absolute Gasteiger partial charge is 0.353 e. The minimum atomic E-state index is -1.95. The fourth-order valence-corrected chi connectivity index (χ4v) is 2.49. The van der Waals surface area contributed by atoms with E-state index in [1.807, 2.05) is 0 Å². The van der Waals surface area contributed by atoms with Gasteiger partial charge in [-0.1, -0.05) is 66.7 Å². The summed E-state index contributed by atoms with van der Waals surface area (Å²) in [5.41, 5.74) is -1.14. The van der Waals surface area contributed by atoms with Gasteiger partial charge in [-0.3, -0.25) is 0 Å². The highest BCUT2D eigenvalue weighted by Gasteiger charge is 2.41. The third-order valence-corrected chi connectivity index (χ3v) is 3.71. The van der Waals surface area contributed by atoms with Crippen LogP contribution in [0.2, 0.25) is 0 Å². The zero-order chi connectivity index (χ0) is 17.0. The summed E-state index contributed by atoms with van der Waals surface area (Å²) in [5, 5.41) is 20.7. The fraction of sp³-hybridized carbons (Fsp3) is 0.0500. The van der Waals surface area contributed by atoms with Crippen molar-refractivity contribution in [3.05, 3.63) is 96.1 Å². The van der Waals surface area contributed by atoms with Crippen LogP contribution in [0.25, 0.3) is 0 Å². The van der Waals surface area contributed by atoms with Crippen LogP contribution in [0.4, 0.5) is 0 Å². The zero-order valence-corrected chi connectivity index (χ0v) is 12.8. The first-order valence-electron chi connectivity index (χ1n) is 7.45. The Balaban J connectivity index is 2.03. The number of carbonyl (C=O) groups is 1. The van der Waals surface area contributed by atoms with E-state index in [0.29, 0.717) is 11.1 Å². The van der Waals surface area contributed by atoms with Gasteiger partial charge in [-0.2, -0.15) is 0 Å². The van der Waals surface area contributed by atoms with Gasteiger partial charge >= 0.3 is 5.97 Å². The summed E-state index contributed by atoms with van der Waals surface area (Å²) in [6.45, 7) is 0. The van der Waals surface area contributed by atoms with Crippen LogP contribution in [-0.4, -0.2) is 16.2 Å². The van der Waals surface area contributed by atoms with E-state index in [1.54, 1.807) is 66.7 Å². The van der Waals surface area contributed by atoms with Crippen LogP contribution in [-0.2, 0) is 10.4 Å². The molecule has 24 heavy (non-hydrogen) atoms. The molecule has 0 amide bonds. The molecule has 0 aromatic heterocycles. The topological polar surface area (TPSA) is 66.8 Å². The van der Waals surface area contributed by atoms with E-state index in [2.05, 4.69) is 0 Å². The predicted molar refractivity (Wildman–Crippen MR) is 89.6 cm³/mol. The van der Waals surface area contributed by atoms with Crippen molar-refractivity contribution in [2.75, 3.05) is 0 Å². The van der Waals surface area contributed by atoms with Crippen LogP contribution in [0.5, 0.6) is 11.5 Å². The molecule has 4 nitrogen and oxygen atoms in total. The molecule has 0 bridgehead atoms. The highest BCUT2D eigenvalue weighted by Crippen LogP contribution is 2.32. The molecule has 0 unspecified atom stereocenters. The molecule has 0 saturated heterocycles. The summed E-state index contributed by atoms with van der Waals surface area (Å²) in [6, 6.07) is 23.1. The van der Waals surface area contributed by atoms with Crippen LogP contribution in [0.1, 0.15) is 11.1 Å². The van der Waals surface area contributed by atoms with Gasteiger partial charge in [0.1, 0.15) is 11.5 Å². The average molecular weight is 320 g/mol. The maximum Gasteiger partial charge on any atom is 0.353 e. The Labute approximate surface area is 139 Å². The summed E-state index contributed by atoms with van der Waals surface area (Å²) < 4.78 is 5.32. The number of aromatic hydroxyl groups is 1. The number of aliphatic hydroxyl groups is 1. The summed E-state index contributed by atoms with van der Waals surface area (Å²) in [5.74, 6) is -0.709.